The van der Waals surface area contributed by atoms with E-state index in [1.54, 1.807) is 0 Å². The van der Waals surface area contributed by atoms with Gasteiger partial charge in [0.1, 0.15) is 0 Å². The molecule has 1 saturated heterocycles. The standard InChI is InChI=1S/C9F13IO4/c10-3(11)4(12,13)6(16,17)8(19)7(18,5(3,14)15)26-2(27-8,1(24)25-23)9(20,21)22. The lowest BCUT2D eigenvalue weighted by Gasteiger charge is -2.50. The van der Waals surface area contributed by atoms with Gasteiger partial charge in [0.05, 0.1) is 0 Å². The molecule has 2 aliphatic rings. The second kappa shape index (κ2) is 5.22. The van der Waals surface area contributed by atoms with Gasteiger partial charge < -0.3 is 3.07 Å². The van der Waals surface area contributed by atoms with Crippen LogP contribution in [0.5, 0.6) is 0 Å². The molecule has 0 radical (unpaired) electrons. The minimum atomic E-state index is -7.49. The molecule has 1 aliphatic heterocycles. The van der Waals surface area contributed by atoms with Gasteiger partial charge >= 0.3 is 53.3 Å². The van der Waals surface area contributed by atoms with Crippen LogP contribution < -0.4 is 0 Å². The zero-order valence-electron chi connectivity index (χ0n) is 11.4. The molecule has 18 heteroatoms. The van der Waals surface area contributed by atoms with Crippen molar-refractivity contribution in [2.45, 2.75) is 47.4 Å². The van der Waals surface area contributed by atoms with Gasteiger partial charge in [-0.15, -0.1) is 0 Å². The number of halogens is 14. The number of alkyl halides is 13. The first-order valence-electron chi connectivity index (χ1n) is 5.84. The van der Waals surface area contributed by atoms with Crippen LogP contribution in [-0.2, 0) is 17.3 Å². The molecule has 2 fully saturated rings. The molecule has 4 nitrogen and oxygen atoms in total. The molecular weight excluding hydrogens is 546 g/mol. The lowest BCUT2D eigenvalue weighted by molar-refractivity contribution is -0.507. The Kier molecular flexibility index (Phi) is 4.35. The first kappa shape index (κ1) is 22.5. The van der Waals surface area contributed by atoms with Gasteiger partial charge in [0, 0.05) is 0 Å². The van der Waals surface area contributed by atoms with Gasteiger partial charge in [-0.3, -0.25) is 9.47 Å². The maximum absolute atomic E-state index is 14.3. The molecule has 27 heavy (non-hydrogen) atoms. The van der Waals surface area contributed by atoms with Gasteiger partial charge in [-0.2, -0.15) is 57.1 Å². The summed E-state index contributed by atoms with van der Waals surface area (Å²) in [6.07, 6.45) is -6.73. The van der Waals surface area contributed by atoms with Gasteiger partial charge in [-0.1, -0.05) is 0 Å². The van der Waals surface area contributed by atoms with E-state index in [9.17, 15) is 61.9 Å². The molecule has 0 bridgehead atoms. The topological polar surface area (TPSA) is 44.8 Å². The highest BCUT2D eigenvalue weighted by Crippen LogP contribution is 2.73. The van der Waals surface area contributed by atoms with Gasteiger partial charge in [-0.05, 0) is 0 Å². The summed E-state index contributed by atoms with van der Waals surface area (Å²) in [5.74, 6) is -52.7. The lowest BCUT2D eigenvalue weighted by atomic mass is 9.78. The van der Waals surface area contributed by atoms with Crippen molar-refractivity contribution in [3.63, 3.8) is 0 Å². The van der Waals surface area contributed by atoms with Crippen LogP contribution in [0.4, 0.5) is 57.1 Å². The van der Waals surface area contributed by atoms with Crippen molar-refractivity contribution in [1.29, 1.82) is 0 Å². The van der Waals surface area contributed by atoms with Crippen molar-refractivity contribution in [2.75, 3.05) is 0 Å². The predicted molar refractivity (Wildman–Crippen MR) is 58.5 cm³/mol. The second-order valence-electron chi connectivity index (χ2n) is 5.17. The third-order valence-electron chi connectivity index (χ3n) is 3.69. The first-order chi connectivity index (χ1) is 11.6. The molecule has 0 spiro atoms. The molecule has 2 atom stereocenters. The number of fused-ring (bicyclic) bond motifs is 1. The number of carbonyl (C=O) groups excluding carboxylic acids is 1. The fraction of sp³-hybridized carbons (Fsp3) is 0.889. The summed E-state index contributed by atoms with van der Waals surface area (Å²) in [4.78, 5) is 11.2. The molecule has 0 aromatic rings. The van der Waals surface area contributed by atoms with Crippen LogP contribution in [0.1, 0.15) is 0 Å². The highest BCUT2D eigenvalue weighted by Gasteiger charge is 3.06. The molecule has 2 rings (SSSR count). The molecular formula is C9F13IO4. The van der Waals surface area contributed by atoms with Crippen LogP contribution in [0.3, 0.4) is 0 Å². The molecule has 0 amide bonds. The maximum atomic E-state index is 14.3. The summed E-state index contributed by atoms with van der Waals surface area (Å²) < 4.78 is 183. The lowest BCUT2D eigenvalue weighted by Crippen LogP contribution is -2.84. The molecule has 0 aromatic heterocycles. The Morgan fingerprint density at radius 3 is 1.22 bits per heavy atom. The van der Waals surface area contributed by atoms with Crippen LogP contribution in [-0.4, -0.2) is 53.3 Å². The Balaban J connectivity index is 2.92. The monoisotopic (exact) mass is 546 g/mol. The van der Waals surface area contributed by atoms with Crippen LogP contribution in [0.15, 0.2) is 0 Å². The number of carbonyl (C=O) groups is 1. The third kappa shape index (κ3) is 2.01. The molecule has 158 valence electrons. The number of rotatable bonds is 1. The summed E-state index contributed by atoms with van der Waals surface area (Å²) >= 11 is 0.222. The largest absolute Gasteiger partial charge is 0.455 e. The van der Waals surface area contributed by atoms with E-state index in [-0.39, 0.29) is 23.0 Å². The van der Waals surface area contributed by atoms with Gasteiger partial charge in [0.25, 0.3) is 0 Å². The molecule has 1 heterocycles. The van der Waals surface area contributed by atoms with E-state index >= 15 is 0 Å². The van der Waals surface area contributed by atoms with Crippen molar-refractivity contribution in [2.24, 2.45) is 0 Å². The number of ether oxygens (including phenoxy) is 2. The van der Waals surface area contributed by atoms with E-state index in [1.165, 1.54) is 0 Å². The summed E-state index contributed by atoms with van der Waals surface area (Å²) in [7, 11) is 0. The molecule has 0 aromatic carbocycles. The Morgan fingerprint density at radius 2 is 1.00 bits per heavy atom. The summed E-state index contributed by atoms with van der Waals surface area (Å²) in [5, 5.41) is 0. The minimum absolute atomic E-state index is 0.222. The van der Waals surface area contributed by atoms with E-state index in [2.05, 4.69) is 12.5 Å². The highest BCUT2D eigenvalue weighted by molar-refractivity contribution is 14.1. The third-order valence-corrected chi connectivity index (χ3v) is 4.09. The van der Waals surface area contributed by atoms with Crippen LogP contribution >= 0.6 is 23.0 Å². The van der Waals surface area contributed by atoms with E-state index in [0.717, 1.165) is 0 Å². The number of hydrogen-bond donors (Lipinski definition) is 0. The fourth-order valence-corrected chi connectivity index (χ4v) is 2.53. The maximum Gasteiger partial charge on any atom is 0.455 e. The van der Waals surface area contributed by atoms with Gasteiger partial charge in [0.15, 0.2) is 23.0 Å². The molecule has 0 N–H and O–H groups in total. The summed E-state index contributed by atoms with van der Waals surface area (Å²) in [6.45, 7) is 0. The smallest absolute Gasteiger partial charge is 0.390 e. The first-order valence-corrected chi connectivity index (χ1v) is 6.72. The normalized spacial score (nSPS) is 41.7. The summed E-state index contributed by atoms with van der Waals surface area (Å²) in [6, 6.07) is 0. The second-order valence-corrected chi connectivity index (χ2v) is 5.61. The van der Waals surface area contributed by atoms with Crippen molar-refractivity contribution < 1.29 is 74.4 Å². The van der Waals surface area contributed by atoms with Crippen molar-refractivity contribution in [3.05, 3.63) is 0 Å². The van der Waals surface area contributed by atoms with E-state index in [4.69, 9.17) is 0 Å². The van der Waals surface area contributed by atoms with Crippen molar-refractivity contribution in [1.82, 2.24) is 0 Å². The zero-order chi connectivity index (χ0) is 21.7. The van der Waals surface area contributed by atoms with Crippen LogP contribution in [0.25, 0.3) is 0 Å². The van der Waals surface area contributed by atoms with E-state index in [1.807, 2.05) is 0 Å². The Labute approximate surface area is 151 Å². The zero-order valence-corrected chi connectivity index (χ0v) is 13.6. The van der Waals surface area contributed by atoms with Gasteiger partial charge in [0.2, 0.25) is 0 Å². The minimum Gasteiger partial charge on any atom is -0.390 e. The van der Waals surface area contributed by atoms with Crippen LogP contribution in [0.2, 0.25) is 0 Å². The molecule has 2 unspecified atom stereocenters. The van der Waals surface area contributed by atoms with Crippen LogP contribution in [0, 0.1) is 0 Å². The Morgan fingerprint density at radius 1 is 0.704 bits per heavy atom. The number of hydrogen-bond acceptors (Lipinski definition) is 4. The average Bonchev–Trinajstić information content (AvgIpc) is 2.77. The predicted octanol–water partition coefficient (Wildman–Crippen LogP) is 4.07. The average molecular weight is 546 g/mol. The fourth-order valence-electron chi connectivity index (χ4n) is 2.24. The van der Waals surface area contributed by atoms with E-state index in [0.29, 0.717) is 0 Å². The Bertz CT molecular complexity index is 637. The van der Waals surface area contributed by atoms with Gasteiger partial charge in [-0.25, -0.2) is 4.79 Å². The quantitative estimate of drug-likeness (QED) is 0.368. The van der Waals surface area contributed by atoms with Crippen molar-refractivity contribution in [3.8, 4) is 0 Å². The molecule has 1 saturated carbocycles. The SMILES string of the molecule is O=C(OI)C1(C(F)(F)F)OC2(F)C(F)(F)C(F)(F)C(F)(F)C(F)(F)C2(F)O1. The van der Waals surface area contributed by atoms with E-state index < -0.39 is 53.3 Å². The molecule has 1 aliphatic carbocycles. The highest BCUT2D eigenvalue weighted by atomic mass is 127. The Hall–Kier alpha value is -0.790. The van der Waals surface area contributed by atoms with Crippen molar-refractivity contribution >= 4 is 29.0 Å². The summed E-state index contributed by atoms with van der Waals surface area (Å²) in [5.41, 5.74) is 0.